The highest BCUT2D eigenvalue weighted by Crippen LogP contribution is 2.27. The highest BCUT2D eigenvalue weighted by molar-refractivity contribution is 7.98. The summed E-state index contributed by atoms with van der Waals surface area (Å²) < 4.78 is 2.18. The van der Waals surface area contributed by atoms with E-state index in [1.807, 2.05) is 6.07 Å². The highest BCUT2D eigenvalue weighted by atomic mass is 32.2. The number of likely N-dealkylation sites (N-methyl/N-ethyl adjacent to an activating group) is 1. The molecule has 4 rings (SSSR count). The second-order valence-corrected chi connectivity index (χ2v) is 8.41. The fourth-order valence-electron chi connectivity index (χ4n) is 3.81. The van der Waals surface area contributed by atoms with E-state index in [0.717, 1.165) is 60.9 Å². The van der Waals surface area contributed by atoms with Crippen LogP contribution in [0.2, 0.25) is 0 Å². The van der Waals surface area contributed by atoms with Gasteiger partial charge in [0.2, 0.25) is 0 Å². The van der Waals surface area contributed by atoms with Crippen LogP contribution in [0.1, 0.15) is 16.2 Å². The first-order valence-electron chi connectivity index (χ1n) is 9.84. The number of hydrogen-bond donors (Lipinski definition) is 1. The smallest absolute Gasteiger partial charge is 0.335 e. The molecule has 29 heavy (non-hydrogen) atoms. The van der Waals surface area contributed by atoms with Crippen LogP contribution >= 0.6 is 11.8 Å². The maximum absolute atomic E-state index is 11.4. The molecule has 3 aromatic rings. The van der Waals surface area contributed by atoms with Crippen molar-refractivity contribution in [1.29, 1.82) is 0 Å². The van der Waals surface area contributed by atoms with E-state index in [4.69, 9.17) is 4.98 Å². The van der Waals surface area contributed by atoms with Crippen LogP contribution < -0.4 is 4.90 Å². The molecule has 7 heteroatoms. The summed E-state index contributed by atoms with van der Waals surface area (Å²) in [7, 11) is 2.16. The highest BCUT2D eigenvalue weighted by Gasteiger charge is 2.17. The van der Waals surface area contributed by atoms with E-state index in [1.165, 1.54) is 5.69 Å². The van der Waals surface area contributed by atoms with Gasteiger partial charge in [0.25, 0.3) is 0 Å². The zero-order chi connectivity index (χ0) is 20.4. The zero-order valence-corrected chi connectivity index (χ0v) is 17.7. The summed E-state index contributed by atoms with van der Waals surface area (Å²) >= 11 is 1.78. The molecule has 0 saturated carbocycles. The van der Waals surface area contributed by atoms with E-state index in [9.17, 15) is 9.90 Å². The van der Waals surface area contributed by atoms with Crippen LogP contribution in [0.5, 0.6) is 0 Å². The first kappa shape index (κ1) is 19.8. The molecule has 1 aliphatic rings. The summed E-state index contributed by atoms with van der Waals surface area (Å²) in [5.74, 6) is 1.00. The third-order valence-electron chi connectivity index (χ3n) is 5.46. The van der Waals surface area contributed by atoms with Gasteiger partial charge in [-0.3, -0.25) is 4.57 Å². The van der Waals surface area contributed by atoms with Crippen molar-refractivity contribution in [2.45, 2.75) is 6.42 Å². The Bertz CT molecular complexity index is 1020. The average molecular weight is 411 g/mol. The maximum atomic E-state index is 11.4. The predicted molar refractivity (Wildman–Crippen MR) is 120 cm³/mol. The molecule has 1 aromatic heterocycles. The van der Waals surface area contributed by atoms with Gasteiger partial charge >= 0.3 is 5.97 Å². The van der Waals surface area contributed by atoms with E-state index in [0.29, 0.717) is 0 Å². The number of rotatable bonds is 6. The third-order valence-corrected chi connectivity index (χ3v) is 6.07. The van der Waals surface area contributed by atoms with E-state index in [2.05, 4.69) is 51.9 Å². The summed E-state index contributed by atoms with van der Waals surface area (Å²) in [6, 6.07) is 13.8. The molecule has 1 N–H and O–H groups in total. The van der Waals surface area contributed by atoms with Crippen molar-refractivity contribution >= 4 is 34.5 Å². The number of carbonyl (C=O) groups is 1. The summed E-state index contributed by atoms with van der Waals surface area (Å²) in [5, 5.41) is 9.33. The molecule has 2 aromatic carbocycles. The zero-order valence-electron chi connectivity index (χ0n) is 16.8. The topological polar surface area (TPSA) is 61.6 Å². The van der Waals surface area contributed by atoms with Gasteiger partial charge in [-0.15, -0.1) is 0 Å². The minimum Gasteiger partial charge on any atom is -0.478 e. The Balaban J connectivity index is 1.77. The Morgan fingerprint density at radius 1 is 1.10 bits per heavy atom. The van der Waals surface area contributed by atoms with Gasteiger partial charge in [0.15, 0.2) is 0 Å². The van der Waals surface area contributed by atoms with Crippen molar-refractivity contribution < 1.29 is 9.90 Å². The monoisotopic (exact) mass is 410 g/mol. The number of anilines is 1. The van der Waals surface area contributed by atoms with Gasteiger partial charge in [0.05, 0.1) is 16.6 Å². The molecule has 1 fully saturated rings. The molecule has 2 heterocycles. The second kappa shape index (κ2) is 8.47. The summed E-state index contributed by atoms with van der Waals surface area (Å²) in [4.78, 5) is 20.9. The molecular formula is C22H26N4O2S. The van der Waals surface area contributed by atoms with Gasteiger partial charge in [-0.2, -0.15) is 11.8 Å². The molecule has 1 aliphatic heterocycles. The van der Waals surface area contributed by atoms with Crippen LogP contribution in [0.3, 0.4) is 0 Å². The number of aromatic carboxylic acids is 1. The van der Waals surface area contributed by atoms with Crippen molar-refractivity contribution in [1.82, 2.24) is 14.5 Å². The SMILES string of the molecule is CSCCc1nc2cc(C(=O)O)ccc2n1-c1cccc(N2CCN(C)CC2)c1. The normalized spacial score (nSPS) is 15.2. The number of hydrogen-bond acceptors (Lipinski definition) is 5. The van der Waals surface area contributed by atoms with Crippen LogP contribution in [0, 0.1) is 0 Å². The van der Waals surface area contributed by atoms with Gasteiger partial charge in [0.1, 0.15) is 5.82 Å². The lowest BCUT2D eigenvalue weighted by Gasteiger charge is -2.34. The number of aromatic nitrogens is 2. The summed E-state index contributed by atoms with van der Waals surface area (Å²) in [6.07, 6.45) is 2.92. The summed E-state index contributed by atoms with van der Waals surface area (Å²) in [5.41, 5.74) is 4.23. The molecule has 0 spiro atoms. The quantitative estimate of drug-likeness (QED) is 0.672. The molecule has 152 valence electrons. The second-order valence-electron chi connectivity index (χ2n) is 7.43. The van der Waals surface area contributed by atoms with Gasteiger partial charge in [-0.1, -0.05) is 6.07 Å². The third kappa shape index (κ3) is 4.11. The molecule has 0 aliphatic carbocycles. The van der Waals surface area contributed by atoms with Crippen LogP contribution in [0.25, 0.3) is 16.7 Å². The predicted octanol–water partition coefficient (Wildman–Crippen LogP) is 3.38. The molecule has 0 unspecified atom stereocenters. The number of carboxylic acids is 1. The van der Waals surface area contributed by atoms with Gasteiger partial charge in [-0.05, 0) is 49.7 Å². The Hall–Kier alpha value is -2.51. The molecule has 1 saturated heterocycles. The van der Waals surface area contributed by atoms with Gasteiger partial charge in [0, 0.05) is 49.7 Å². The van der Waals surface area contributed by atoms with E-state index < -0.39 is 5.97 Å². The van der Waals surface area contributed by atoms with Crippen molar-refractivity contribution in [3.8, 4) is 5.69 Å². The Kier molecular flexibility index (Phi) is 5.78. The van der Waals surface area contributed by atoms with Crippen LogP contribution in [0.4, 0.5) is 5.69 Å². The standard InChI is InChI=1S/C22H26N4O2S/c1-24-9-11-25(12-10-24)17-4-3-5-18(15-17)26-20-7-6-16(22(27)28)14-19(20)23-21(26)8-13-29-2/h3-7,14-15H,8-13H2,1-2H3,(H,27,28). The van der Waals surface area contributed by atoms with Crippen LogP contribution in [-0.2, 0) is 6.42 Å². The van der Waals surface area contributed by atoms with Gasteiger partial charge in [-0.25, -0.2) is 9.78 Å². The minimum atomic E-state index is -0.927. The number of fused-ring (bicyclic) bond motifs is 1. The summed E-state index contributed by atoms with van der Waals surface area (Å²) in [6.45, 7) is 4.17. The maximum Gasteiger partial charge on any atom is 0.335 e. The molecule has 0 bridgehead atoms. The average Bonchev–Trinajstić information content (AvgIpc) is 3.10. The lowest BCUT2D eigenvalue weighted by atomic mass is 10.2. The molecule has 6 nitrogen and oxygen atoms in total. The number of thioether (sulfide) groups is 1. The fourth-order valence-corrected chi connectivity index (χ4v) is 4.19. The number of piperazine rings is 1. The number of carboxylic acid groups (broad SMARTS) is 1. The van der Waals surface area contributed by atoms with Crippen molar-refractivity contribution in [2.75, 3.05) is 50.1 Å². The first-order valence-corrected chi connectivity index (χ1v) is 11.2. The Labute approximate surface area is 175 Å². The lowest BCUT2D eigenvalue weighted by Crippen LogP contribution is -2.44. The van der Waals surface area contributed by atoms with Gasteiger partial charge < -0.3 is 14.9 Å². The minimum absolute atomic E-state index is 0.268. The first-order chi connectivity index (χ1) is 14.1. The Morgan fingerprint density at radius 3 is 2.59 bits per heavy atom. The van der Waals surface area contributed by atoms with E-state index in [-0.39, 0.29) is 5.56 Å². The number of nitrogens with zero attached hydrogens (tertiary/aromatic N) is 4. The molecule has 0 radical (unpaired) electrons. The number of benzene rings is 2. The molecule has 0 atom stereocenters. The van der Waals surface area contributed by atoms with Crippen LogP contribution in [-0.4, -0.2) is 70.8 Å². The number of aryl methyl sites for hydroxylation is 1. The molecular weight excluding hydrogens is 384 g/mol. The van der Waals surface area contributed by atoms with E-state index >= 15 is 0 Å². The lowest BCUT2D eigenvalue weighted by molar-refractivity contribution is 0.0697. The van der Waals surface area contributed by atoms with Crippen molar-refractivity contribution in [3.05, 3.63) is 53.9 Å². The van der Waals surface area contributed by atoms with Crippen LogP contribution in [0.15, 0.2) is 42.5 Å². The fraction of sp³-hybridized carbons (Fsp3) is 0.364. The van der Waals surface area contributed by atoms with E-state index in [1.54, 1.807) is 23.9 Å². The van der Waals surface area contributed by atoms with Crippen molar-refractivity contribution in [2.24, 2.45) is 0 Å². The largest absolute Gasteiger partial charge is 0.478 e. The molecule has 0 amide bonds. The van der Waals surface area contributed by atoms with Crippen molar-refractivity contribution in [3.63, 3.8) is 0 Å². The number of imidazole rings is 1. The Morgan fingerprint density at radius 2 is 1.86 bits per heavy atom.